The topological polar surface area (TPSA) is 95.9 Å². The first-order valence-corrected chi connectivity index (χ1v) is 25.7. The lowest BCUT2D eigenvalue weighted by Gasteiger charge is -2.24. The van der Waals surface area contributed by atoms with Gasteiger partial charge in [-0.3, -0.25) is 9.59 Å². The van der Waals surface area contributed by atoms with E-state index in [2.05, 4.69) is 56.5 Å². The molecule has 3 atom stereocenters. The number of aliphatic hydroxyl groups excluding tert-OH is 2. The molecule has 0 rings (SSSR count). The molecule has 3 unspecified atom stereocenters. The molecule has 1 amide bonds. The summed E-state index contributed by atoms with van der Waals surface area (Å²) in [6.45, 7) is 6.45. The fourth-order valence-electron chi connectivity index (χ4n) is 7.77. The number of ether oxygens (including phenoxy) is 1. The van der Waals surface area contributed by atoms with E-state index in [9.17, 15) is 19.8 Å². The van der Waals surface area contributed by atoms with E-state index in [-0.39, 0.29) is 24.9 Å². The number of hydrogen-bond donors (Lipinski definition) is 3. The average Bonchev–Trinajstić information content (AvgIpc) is 3.23. The minimum atomic E-state index is -0.794. The fraction of sp³-hybridized carbons (Fsp3) is 0.849. The van der Waals surface area contributed by atoms with Crippen LogP contribution in [0.25, 0.3) is 0 Å². The summed E-state index contributed by atoms with van der Waals surface area (Å²) in [5, 5.41) is 23.7. The minimum Gasteiger partial charge on any atom is -0.462 e. The van der Waals surface area contributed by atoms with Crippen LogP contribution in [0.5, 0.6) is 0 Å². The summed E-state index contributed by atoms with van der Waals surface area (Å²) < 4.78 is 5.89. The average molecular weight is 830 g/mol. The maximum absolute atomic E-state index is 13.2. The van der Waals surface area contributed by atoms with Gasteiger partial charge in [0, 0.05) is 6.42 Å². The van der Waals surface area contributed by atoms with Crippen molar-refractivity contribution in [2.24, 2.45) is 0 Å². The number of hydrogen-bond acceptors (Lipinski definition) is 5. The maximum atomic E-state index is 13.2. The Bertz CT molecular complexity index is 977. The highest BCUT2D eigenvalue weighted by Gasteiger charge is 2.24. The maximum Gasteiger partial charge on any atom is 0.306 e. The van der Waals surface area contributed by atoms with E-state index in [1.165, 1.54) is 161 Å². The van der Waals surface area contributed by atoms with Gasteiger partial charge in [-0.25, -0.2) is 0 Å². The van der Waals surface area contributed by atoms with Crippen molar-refractivity contribution in [2.45, 2.75) is 283 Å². The van der Waals surface area contributed by atoms with Crippen molar-refractivity contribution in [1.29, 1.82) is 0 Å². The zero-order valence-electron chi connectivity index (χ0n) is 39.4. The number of allylic oxidation sites excluding steroid dienone is 6. The van der Waals surface area contributed by atoms with E-state index in [1.54, 1.807) is 0 Å². The van der Waals surface area contributed by atoms with Crippen LogP contribution in [0.4, 0.5) is 0 Å². The van der Waals surface area contributed by atoms with E-state index in [0.717, 1.165) is 51.4 Å². The summed E-state index contributed by atoms with van der Waals surface area (Å²) in [5.74, 6) is -0.551. The number of carbonyl (C=O) groups is 2. The first kappa shape index (κ1) is 57.1. The predicted molar refractivity (Wildman–Crippen MR) is 255 cm³/mol. The standard InChI is InChI=1S/C53H99NO5/c1-4-7-10-13-16-19-22-24-25-26-27-29-30-32-35-38-41-44-49(59-53(58)46-43-40-37-34-31-28-23-20-17-14-11-8-5-2)47-52(57)54-50(48-55)51(56)45-42-39-36-33-21-18-15-12-9-6-3/h24-25,28,31,37,40,49-51,55-56H,4-23,26-27,29-30,32-36,38-39,41-48H2,1-3H3,(H,54,57)/b25-24+,31-28-,40-37+. The summed E-state index contributed by atoms with van der Waals surface area (Å²) in [4.78, 5) is 26.1. The number of aliphatic hydroxyl groups is 2. The Morgan fingerprint density at radius 3 is 1.31 bits per heavy atom. The highest BCUT2D eigenvalue weighted by Crippen LogP contribution is 2.17. The molecule has 0 radical (unpaired) electrons. The molecule has 0 fully saturated rings. The molecule has 6 heteroatoms. The van der Waals surface area contributed by atoms with Crippen molar-refractivity contribution in [3.05, 3.63) is 36.5 Å². The van der Waals surface area contributed by atoms with E-state index in [1.807, 2.05) is 6.08 Å². The van der Waals surface area contributed by atoms with Gasteiger partial charge in [0.1, 0.15) is 6.10 Å². The lowest BCUT2D eigenvalue weighted by atomic mass is 10.0. The van der Waals surface area contributed by atoms with Crippen LogP contribution >= 0.6 is 0 Å². The Morgan fingerprint density at radius 1 is 0.492 bits per heavy atom. The van der Waals surface area contributed by atoms with Crippen LogP contribution in [-0.4, -0.2) is 46.9 Å². The normalized spacial score (nSPS) is 13.5. The number of rotatable bonds is 46. The van der Waals surface area contributed by atoms with E-state index in [4.69, 9.17) is 4.74 Å². The van der Waals surface area contributed by atoms with Gasteiger partial charge in [0.15, 0.2) is 0 Å². The molecule has 0 spiro atoms. The largest absolute Gasteiger partial charge is 0.462 e. The van der Waals surface area contributed by atoms with Gasteiger partial charge in [0.25, 0.3) is 0 Å². The first-order valence-electron chi connectivity index (χ1n) is 25.7. The van der Waals surface area contributed by atoms with Crippen LogP contribution in [0.2, 0.25) is 0 Å². The SMILES string of the molecule is CCCCCCCC/C=C\C/C=C/CCC(=O)OC(CCCCCCCCC/C=C/CCCCCCCC)CC(=O)NC(CO)C(O)CCCCCCCCCCCC. The molecule has 0 saturated carbocycles. The van der Waals surface area contributed by atoms with E-state index in [0.29, 0.717) is 25.7 Å². The van der Waals surface area contributed by atoms with Crippen LogP contribution in [0.1, 0.15) is 265 Å². The first-order chi connectivity index (χ1) is 29.0. The Hall–Kier alpha value is -1.92. The molecule has 0 aliphatic rings. The molecular formula is C53H99NO5. The number of amides is 1. The quantitative estimate of drug-likeness (QED) is 0.0323. The summed E-state index contributed by atoms with van der Waals surface area (Å²) >= 11 is 0. The third-order valence-corrected chi connectivity index (χ3v) is 11.7. The Balaban J connectivity index is 4.64. The second-order valence-corrected chi connectivity index (χ2v) is 17.6. The molecular weight excluding hydrogens is 731 g/mol. The molecule has 0 aliphatic heterocycles. The molecule has 0 heterocycles. The summed E-state index contributed by atoms with van der Waals surface area (Å²) in [6, 6.07) is -0.710. The molecule has 346 valence electrons. The lowest BCUT2D eigenvalue weighted by Crippen LogP contribution is -2.46. The number of nitrogens with one attached hydrogen (secondary N) is 1. The molecule has 0 aromatic heterocycles. The highest BCUT2D eigenvalue weighted by molar-refractivity contribution is 5.77. The lowest BCUT2D eigenvalue weighted by molar-refractivity contribution is -0.150. The summed E-state index contributed by atoms with van der Waals surface area (Å²) in [5.41, 5.74) is 0. The molecule has 0 aromatic rings. The van der Waals surface area contributed by atoms with Crippen LogP contribution in [-0.2, 0) is 14.3 Å². The van der Waals surface area contributed by atoms with Gasteiger partial charge in [-0.05, 0) is 70.6 Å². The molecule has 3 N–H and O–H groups in total. The van der Waals surface area contributed by atoms with Gasteiger partial charge in [-0.1, -0.05) is 218 Å². The summed E-state index contributed by atoms with van der Waals surface area (Å²) in [6.07, 6.45) is 55.0. The zero-order chi connectivity index (χ0) is 43.1. The zero-order valence-corrected chi connectivity index (χ0v) is 39.4. The Labute approximate surface area is 366 Å². The number of carbonyl (C=O) groups excluding carboxylic acids is 2. The van der Waals surface area contributed by atoms with Gasteiger partial charge in [-0.2, -0.15) is 0 Å². The third-order valence-electron chi connectivity index (χ3n) is 11.7. The minimum absolute atomic E-state index is 0.0544. The summed E-state index contributed by atoms with van der Waals surface area (Å²) in [7, 11) is 0. The van der Waals surface area contributed by atoms with Gasteiger partial charge < -0.3 is 20.3 Å². The monoisotopic (exact) mass is 830 g/mol. The second kappa shape index (κ2) is 47.1. The third kappa shape index (κ3) is 42.6. The molecule has 0 saturated heterocycles. The van der Waals surface area contributed by atoms with Crippen molar-refractivity contribution in [2.75, 3.05) is 6.61 Å². The Kier molecular flexibility index (Phi) is 45.6. The Morgan fingerprint density at radius 2 is 0.864 bits per heavy atom. The van der Waals surface area contributed by atoms with Gasteiger partial charge in [0.2, 0.25) is 5.91 Å². The van der Waals surface area contributed by atoms with Crippen LogP contribution in [0.15, 0.2) is 36.5 Å². The van der Waals surface area contributed by atoms with Crippen molar-refractivity contribution in [3.63, 3.8) is 0 Å². The molecule has 0 aliphatic carbocycles. The van der Waals surface area contributed by atoms with Gasteiger partial charge >= 0.3 is 5.97 Å². The molecule has 59 heavy (non-hydrogen) atoms. The van der Waals surface area contributed by atoms with Crippen LogP contribution in [0.3, 0.4) is 0 Å². The predicted octanol–water partition coefficient (Wildman–Crippen LogP) is 15.3. The fourth-order valence-corrected chi connectivity index (χ4v) is 7.77. The van der Waals surface area contributed by atoms with E-state index < -0.39 is 18.2 Å². The molecule has 0 bridgehead atoms. The van der Waals surface area contributed by atoms with Crippen molar-refractivity contribution >= 4 is 11.9 Å². The van der Waals surface area contributed by atoms with Gasteiger partial charge in [-0.15, -0.1) is 0 Å². The van der Waals surface area contributed by atoms with Crippen LogP contribution < -0.4 is 5.32 Å². The molecule has 6 nitrogen and oxygen atoms in total. The number of esters is 1. The smallest absolute Gasteiger partial charge is 0.306 e. The second-order valence-electron chi connectivity index (χ2n) is 17.6. The van der Waals surface area contributed by atoms with Crippen molar-refractivity contribution in [1.82, 2.24) is 5.32 Å². The van der Waals surface area contributed by atoms with Crippen LogP contribution in [0, 0.1) is 0 Å². The van der Waals surface area contributed by atoms with E-state index >= 15 is 0 Å². The van der Waals surface area contributed by atoms with Crippen molar-refractivity contribution in [3.8, 4) is 0 Å². The van der Waals surface area contributed by atoms with Crippen molar-refractivity contribution < 1.29 is 24.5 Å². The van der Waals surface area contributed by atoms with Gasteiger partial charge in [0.05, 0.1) is 25.2 Å². The molecule has 0 aromatic carbocycles. The highest BCUT2D eigenvalue weighted by atomic mass is 16.5. The number of unbranched alkanes of at least 4 members (excludes halogenated alkanes) is 28.